The smallest absolute Gasteiger partial charge is 0.0928 e. The van der Waals surface area contributed by atoms with Gasteiger partial charge in [0.05, 0.1) is 5.01 Å². The van der Waals surface area contributed by atoms with Crippen LogP contribution in [0.5, 0.6) is 0 Å². The summed E-state index contributed by atoms with van der Waals surface area (Å²) in [5.41, 5.74) is 7.08. The Morgan fingerprint density at radius 3 is 2.86 bits per heavy atom. The number of rotatable bonds is 6. The summed E-state index contributed by atoms with van der Waals surface area (Å²) in [4.78, 5) is 4.43. The highest BCUT2D eigenvalue weighted by molar-refractivity contribution is 7.09. The lowest BCUT2D eigenvalue weighted by atomic mass is 10.1. The van der Waals surface area contributed by atoms with Crippen LogP contribution in [0.4, 0.5) is 0 Å². The lowest BCUT2D eigenvalue weighted by molar-refractivity contribution is 0.539. The molecule has 0 aliphatic rings. The van der Waals surface area contributed by atoms with E-state index in [0.29, 0.717) is 6.04 Å². The molecule has 0 aliphatic carbocycles. The van der Waals surface area contributed by atoms with Gasteiger partial charge in [0, 0.05) is 17.1 Å². The van der Waals surface area contributed by atoms with E-state index in [9.17, 15) is 0 Å². The van der Waals surface area contributed by atoms with Crippen LogP contribution in [0.15, 0.2) is 5.38 Å². The summed E-state index contributed by atoms with van der Waals surface area (Å²) >= 11 is 1.76. The molecule has 1 heterocycles. The normalized spacial score (nSPS) is 13.1. The van der Waals surface area contributed by atoms with E-state index in [1.54, 1.807) is 11.3 Å². The molecule has 0 fully saturated rings. The average Bonchev–Trinajstić information content (AvgIpc) is 2.52. The number of nitrogens with two attached hydrogens (primary N) is 1. The molecule has 0 saturated heterocycles. The summed E-state index contributed by atoms with van der Waals surface area (Å²) in [6.07, 6.45) is 5.74. The van der Waals surface area contributed by atoms with E-state index in [2.05, 4.69) is 17.3 Å². The third-order valence-corrected chi connectivity index (χ3v) is 3.32. The van der Waals surface area contributed by atoms with Crippen LogP contribution in [0.2, 0.25) is 0 Å². The molecule has 0 radical (unpaired) electrons. The first-order chi connectivity index (χ1) is 6.72. The van der Waals surface area contributed by atoms with Crippen molar-refractivity contribution in [2.75, 3.05) is 0 Å². The fourth-order valence-electron chi connectivity index (χ4n) is 1.55. The van der Waals surface area contributed by atoms with E-state index >= 15 is 0 Å². The maximum atomic E-state index is 5.94. The average molecular weight is 212 g/mol. The Labute approximate surface area is 90.6 Å². The molecule has 14 heavy (non-hydrogen) atoms. The Bertz CT molecular complexity index is 258. The fourth-order valence-corrected chi connectivity index (χ4v) is 2.37. The summed E-state index contributed by atoms with van der Waals surface area (Å²) in [7, 11) is 0. The zero-order chi connectivity index (χ0) is 10.4. The van der Waals surface area contributed by atoms with E-state index in [0.717, 1.165) is 25.0 Å². The first-order valence-corrected chi connectivity index (χ1v) is 6.27. The maximum Gasteiger partial charge on any atom is 0.0928 e. The topological polar surface area (TPSA) is 38.9 Å². The van der Waals surface area contributed by atoms with Gasteiger partial charge in [0.1, 0.15) is 0 Å². The predicted octanol–water partition coefficient (Wildman–Crippen LogP) is 2.90. The van der Waals surface area contributed by atoms with Gasteiger partial charge in [-0.1, -0.05) is 13.3 Å². The number of thiazole rings is 1. The molecule has 1 rings (SSSR count). The SMILES string of the molecule is CCCC(N)CCCc1nc(C)cs1. The van der Waals surface area contributed by atoms with E-state index in [-0.39, 0.29) is 0 Å². The summed E-state index contributed by atoms with van der Waals surface area (Å²) in [5, 5.41) is 3.37. The van der Waals surface area contributed by atoms with E-state index in [4.69, 9.17) is 5.73 Å². The van der Waals surface area contributed by atoms with Gasteiger partial charge >= 0.3 is 0 Å². The van der Waals surface area contributed by atoms with Crippen molar-refractivity contribution in [1.82, 2.24) is 4.98 Å². The van der Waals surface area contributed by atoms with Gasteiger partial charge in [0.15, 0.2) is 0 Å². The molecule has 0 bridgehead atoms. The van der Waals surface area contributed by atoms with Gasteiger partial charge in [0.2, 0.25) is 0 Å². The summed E-state index contributed by atoms with van der Waals surface area (Å²) < 4.78 is 0. The molecule has 0 spiro atoms. The van der Waals surface area contributed by atoms with Crippen molar-refractivity contribution >= 4 is 11.3 Å². The molecule has 1 atom stereocenters. The van der Waals surface area contributed by atoms with Gasteiger partial charge in [-0.05, 0) is 32.6 Å². The number of nitrogens with zero attached hydrogens (tertiary/aromatic N) is 1. The third-order valence-electron chi connectivity index (χ3n) is 2.29. The van der Waals surface area contributed by atoms with Gasteiger partial charge in [-0.25, -0.2) is 4.98 Å². The van der Waals surface area contributed by atoms with E-state index in [1.165, 1.54) is 17.8 Å². The molecule has 0 aromatic carbocycles. The molecule has 1 unspecified atom stereocenters. The van der Waals surface area contributed by atoms with E-state index in [1.807, 2.05) is 6.92 Å². The third kappa shape index (κ3) is 4.20. The molecule has 0 saturated carbocycles. The van der Waals surface area contributed by atoms with Crippen LogP contribution >= 0.6 is 11.3 Å². The van der Waals surface area contributed by atoms with Crippen LogP contribution in [-0.4, -0.2) is 11.0 Å². The van der Waals surface area contributed by atoms with Crippen molar-refractivity contribution in [3.8, 4) is 0 Å². The zero-order valence-corrected chi connectivity index (χ0v) is 9.94. The number of hydrogen-bond acceptors (Lipinski definition) is 3. The van der Waals surface area contributed by atoms with Crippen molar-refractivity contribution in [3.63, 3.8) is 0 Å². The highest BCUT2D eigenvalue weighted by Crippen LogP contribution is 2.13. The largest absolute Gasteiger partial charge is 0.328 e. The van der Waals surface area contributed by atoms with E-state index < -0.39 is 0 Å². The fraction of sp³-hybridized carbons (Fsp3) is 0.727. The van der Waals surface area contributed by atoms with Crippen LogP contribution in [0.3, 0.4) is 0 Å². The van der Waals surface area contributed by atoms with Gasteiger partial charge in [0.25, 0.3) is 0 Å². The van der Waals surface area contributed by atoms with Gasteiger partial charge in [-0.2, -0.15) is 0 Å². The van der Waals surface area contributed by atoms with Gasteiger partial charge < -0.3 is 5.73 Å². The van der Waals surface area contributed by atoms with Crippen LogP contribution in [0.1, 0.15) is 43.3 Å². The summed E-state index contributed by atoms with van der Waals surface area (Å²) in [6.45, 7) is 4.23. The summed E-state index contributed by atoms with van der Waals surface area (Å²) in [5.74, 6) is 0. The van der Waals surface area contributed by atoms with Crippen LogP contribution in [0.25, 0.3) is 0 Å². The molecule has 1 aromatic rings. The number of hydrogen-bond donors (Lipinski definition) is 1. The second kappa shape index (κ2) is 6.14. The molecular weight excluding hydrogens is 192 g/mol. The van der Waals surface area contributed by atoms with Crippen molar-refractivity contribution in [2.24, 2.45) is 5.73 Å². The second-order valence-corrected chi connectivity index (χ2v) is 4.77. The Morgan fingerprint density at radius 1 is 1.50 bits per heavy atom. The van der Waals surface area contributed by atoms with Crippen molar-refractivity contribution in [1.29, 1.82) is 0 Å². The summed E-state index contributed by atoms with van der Waals surface area (Å²) in [6, 6.07) is 0.390. The van der Waals surface area contributed by atoms with Crippen LogP contribution in [0, 0.1) is 6.92 Å². The van der Waals surface area contributed by atoms with Crippen molar-refractivity contribution in [3.05, 3.63) is 16.1 Å². The maximum absolute atomic E-state index is 5.94. The van der Waals surface area contributed by atoms with Crippen molar-refractivity contribution in [2.45, 2.75) is 52.0 Å². The van der Waals surface area contributed by atoms with Crippen LogP contribution in [-0.2, 0) is 6.42 Å². The Balaban J connectivity index is 2.15. The second-order valence-electron chi connectivity index (χ2n) is 3.82. The minimum Gasteiger partial charge on any atom is -0.328 e. The standard InChI is InChI=1S/C11H20N2S/c1-3-5-10(12)6-4-7-11-13-9(2)8-14-11/h8,10H,3-7,12H2,1-2H3. The minimum absolute atomic E-state index is 0.390. The van der Waals surface area contributed by atoms with Crippen LogP contribution < -0.4 is 5.73 Å². The number of aryl methyl sites for hydroxylation is 2. The first-order valence-electron chi connectivity index (χ1n) is 5.39. The molecule has 2 N–H and O–H groups in total. The zero-order valence-electron chi connectivity index (χ0n) is 9.12. The minimum atomic E-state index is 0.390. The molecule has 1 aromatic heterocycles. The quantitative estimate of drug-likeness (QED) is 0.787. The Kier molecular flexibility index (Phi) is 5.12. The molecular formula is C11H20N2S. The van der Waals surface area contributed by atoms with Crippen molar-refractivity contribution < 1.29 is 0 Å². The molecule has 0 amide bonds. The molecule has 2 nitrogen and oxygen atoms in total. The Hall–Kier alpha value is -0.410. The van der Waals surface area contributed by atoms with Gasteiger partial charge in [-0.15, -0.1) is 11.3 Å². The molecule has 0 aliphatic heterocycles. The Morgan fingerprint density at radius 2 is 2.29 bits per heavy atom. The van der Waals surface area contributed by atoms with Gasteiger partial charge in [-0.3, -0.25) is 0 Å². The highest BCUT2D eigenvalue weighted by Gasteiger charge is 2.02. The molecule has 3 heteroatoms. The lowest BCUT2D eigenvalue weighted by Gasteiger charge is -2.08. The monoisotopic (exact) mass is 212 g/mol. The highest BCUT2D eigenvalue weighted by atomic mass is 32.1. The number of aromatic nitrogens is 1. The lowest BCUT2D eigenvalue weighted by Crippen LogP contribution is -2.19. The molecule has 80 valence electrons. The predicted molar refractivity (Wildman–Crippen MR) is 62.7 cm³/mol. The first kappa shape index (κ1) is 11.7.